The van der Waals surface area contributed by atoms with Crippen LogP contribution in [0.15, 0.2) is 30.5 Å². The van der Waals surface area contributed by atoms with Crippen LogP contribution in [0.25, 0.3) is 10.9 Å². The maximum Gasteiger partial charge on any atom is 0.0456 e. The van der Waals surface area contributed by atoms with Crippen LogP contribution in [0.4, 0.5) is 0 Å². The number of para-hydroxylation sites is 1. The molecule has 1 fully saturated rings. The molecule has 0 atom stereocenters. The smallest absolute Gasteiger partial charge is 0.0456 e. The number of aromatic amines is 1. The molecule has 0 aliphatic heterocycles. The summed E-state index contributed by atoms with van der Waals surface area (Å²) in [5.41, 5.74) is 2.69. The average molecular weight is 278 g/mol. The summed E-state index contributed by atoms with van der Waals surface area (Å²) in [5.74, 6) is 0. The second-order valence-corrected chi connectivity index (χ2v) is 5.40. The first kappa shape index (κ1) is 14.4. The third kappa shape index (κ3) is 3.52. The highest BCUT2D eigenvalue weighted by Gasteiger charge is 2.12. The fraction of sp³-hybridized carbons (Fsp3) is 0.500. The van der Waals surface area contributed by atoms with E-state index >= 15 is 0 Å². The van der Waals surface area contributed by atoms with Crippen molar-refractivity contribution in [1.82, 2.24) is 10.3 Å². The summed E-state index contributed by atoms with van der Waals surface area (Å²) >= 11 is 0. The first-order valence-corrected chi connectivity index (χ1v) is 7.22. The molecule has 0 saturated heterocycles. The van der Waals surface area contributed by atoms with Gasteiger partial charge in [0.1, 0.15) is 0 Å². The Morgan fingerprint density at radius 3 is 2.74 bits per heavy atom. The highest BCUT2D eigenvalue weighted by molar-refractivity contribution is 5.83. The van der Waals surface area contributed by atoms with Gasteiger partial charge in [0.2, 0.25) is 0 Å². The van der Waals surface area contributed by atoms with Crippen LogP contribution in [0.2, 0.25) is 0 Å². The van der Waals surface area contributed by atoms with Gasteiger partial charge in [0.05, 0.1) is 0 Å². The Balaban J connectivity index is 0.00000133. The number of halogens is 1. The van der Waals surface area contributed by atoms with Gasteiger partial charge < -0.3 is 22.7 Å². The van der Waals surface area contributed by atoms with E-state index < -0.39 is 0 Å². The molecule has 2 N–H and O–H groups in total. The number of aromatic nitrogens is 1. The van der Waals surface area contributed by atoms with E-state index in [2.05, 4.69) is 40.8 Å². The van der Waals surface area contributed by atoms with Crippen LogP contribution in [0, 0.1) is 0 Å². The molecule has 19 heavy (non-hydrogen) atoms. The summed E-state index contributed by atoms with van der Waals surface area (Å²) in [6.45, 7) is 1.10. The molecule has 1 heterocycles. The second-order valence-electron chi connectivity index (χ2n) is 5.40. The maximum absolute atomic E-state index is 3.71. The lowest BCUT2D eigenvalue weighted by atomic mass is 9.95. The van der Waals surface area contributed by atoms with Crippen molar-refractivity contribution in [1.29, 1.82) is 0 Å². The van der Waals surface area contributed by atoms with E-state index in [0.29, 0.717) is 0 Å². The van der Waals surface area contributed by atoms with E-state index in [1.54, 1.807) is 0 Å². The molecule has 2 nitrogen and oxygen atoms in total. The van der Waals surface area contributed by atoms with E-state index in [0.717, 1.165) is 19.0 Å². The fourth-order valence-corrected chi connectivity index (χ4v) is 3.06. The van der Waals surface area contributed by atoms with Crippen molar-refractivity contribution in [3.63, 3.8) is 0 Å². The summed E-state index contributed by atoms with van der Waals surface area (Å²) in [6.07, 6.45) is 10.3. The van der Waals surface area contributed by atoms with Crippen LogP contribution in [-0.4, -0.2) is 17.6 Å². The molecule has 1 aliphatic carbocycles. The molecule has 3 rings (SSSR count). The third-order valence-corrected chi connectivity index (χ3v) is 4.11. The van der Waals surface area contributed by atoms with Gasteiger partial charge in [-0.2, -0.15) is 0 Å². The quantitative estimate of drug-likeness (QED) is 0.843. The Morgan fingerprint density at radius 1 is 1.11 bits per heavy atom. The molecule has 3 heteroatoms. The SMILES string of the molecule is [Cl-].c1ccc2c(CCNC3CCCCC3)c[nH]c2c1. The minimum Gasteiger partial charge on any atom is -1.00 e. The summed E-state index contributed by atoms with van der Waals surface area (Å²) in [7, 11) is 0. The molecule has 0 amide bonds. The Bertz CT molecular complexity index is 500. The van der Waals surface area contributed by atoms with E-state index in [9.17, 15) is 0 Å². The monoisotopic (exact) mass is 277 g/mol. The zero-order valence-electron chi connectivity index (χ0n) is 11.3. The zero-order chi connectivity index (χ0) is 12.2. The molecule has 1 saturated carbocycles. The Kier molecular flexibility index (Phi) is 5.29. The summed E-state index contributed by atoms with van der Waals surface area (Å²) in [5, 5.41) is 5.09. The highest BCUT2D eigenvalue weighted by atomic mass is 35.5. The largest absolute Gasteiger partial charge is 1.00 e. The van der Waals surface area contributed by atoms with Gasteiger partial charge in [-0.15, -0.1) is 0 Å². The van der Waals surface area contributed by atoms with Crippen LogP contribution < -0.4 is 17.7 Å². The lowest BCUT2D eigenvalue weighted by Gasteiger charge is -2.22. The minimum atomic E-state index is 0. The van der Waals surface area contributed by atoms with E-state index in [1.807, 2.05) is 0 Å². The number of benzene rings is 1. The lowest BCUT2D eigenvalue weighted by molar-refractivity contribution is -0.00000382. The molecule has 1 aromatic carbocycles. The van der Waals surface area contributed by atoms with Gasteiger partial charge >= 0.3 is 0 Å². The Labute approximate surface area is 121 Å². The van der Waals surface area contributed by atoms with Crippen molar-refractivity contribution in [2.45, 2.75) is 44.6 Å². The molecular weight excluding hydrogens is 256 g/mol. The third-order valence-electron chi connectivity index (χ3n) is 4.11. The number of hydrogen-bond acceptors (Lipinski definition) is 1. The molecule has 1 aliphatic rings. The van der Waals surface area contributed by atoms with Crippen LogP contribution in [0.3, 0.4) is 0 Å². The van der Waals surface area contributed by atoms with Crippen molar-refractivity contribution >= 4 is 10.9 Å². The maximum atomic E-state index is 3.71. The molecule has 0 unspecified atom stereocenters. The van der Waals surface area contributed by atoms with Crippen LogP contribution in [0.1, 0.15) is 37.7 Å². The molecule has 104 valence electrons. The van der Waals surface area contributed by atoms with Crippen LogP contribution in [-0.2, 0) is 6.42 Å². The average Bonchev–Trinajstić information content (AvgIpc) is 2.84. The highest BCUT2D eigenvalue weighted by Crippen LogP contribution is 2.19. The van der Waals surface area contributed by atoms with E-state index in [1.165, 1.54) is 48.6 Å². The van der Waals surface area contributed by atoms with Gasteiger partial charge in [0, 0.05) is 23.1 Å². The number of hydrogen-bond donors (Lipinski definition) is 2. The molecular formula is C16H22ClN2-. The first-order valence-electron chi connectivity index (χ1n) is 7.22. The topological polar surface area (TPSA) is 27.8 Å². The minimum absolute atomic E-state index is 0. The molecule has 0 bridgehead atoms. The summed E-state index contributed by atoms with van der Waals surface area (Å²) < 4.78 is 0. The fourth-order valence-electron chi connectivity index (χ4n) is 3.06. The van der Waals surface area contributed by atoms with E-state index in [4.69, 9.17) is 0 Å². The predicted molar refractivity (Wildman–Crippen MR) is 76.9 cm³/mol. The van der Waals surface area contributed by atoms with Crippen molar-refractivity contribution in [3.8, 4) is 0 Å². The van der Waals surface area contributed by atoms with Crippen molar-refractivity contribution in [3.05, 3.63) is 36.0 Å². The molecule has 0 spiro atoms. The molecule has 0 radical (unpaired) electrons. The first-order chi connectivity index (χ1) is 8.93. The van der Waals surface area contributed by atoms with Gasteiger partial charge in [0.25, 0.3) is 0 Å². The van der Waals surface area contributed by atoms with Gasteiger partial charge in [-0.05, 0) is 37.4 Å². The van der Waals surface area contributed by atoms with Crippen molar-refractivity contribution < 1.29 is 12.4 Å². The van der Waals surface area contributed by atoms with Crippen LogP contribution in [0.5, 0.6) is 0 Å². The van der Waals surface area contributed by atoms with Gasteiger partial charge in [-0.1, -0.05) is 37.5 Å². The van der Waals surface area contributed by atoms with E-state index in [-0.39, 0.29) is 12.4 Å². The van der Waals surface area contributed by atoms with Gasteiger partial charge in [0.15, 0.2) is 0 Å². The Hall–Kier alpha value is -0.990. The summed E-state index contributed by atoms with van der Waals surface area (Å²) in [4.78, 5) is 3.35. The van der Waals surface area contributed by atoms with Gasteiger partial charge in [-0.25, -0.2) is 0 Å². The molecule has 1 aromatic heterocycles. The normalized spacial score (nSPS) is 16.4. The van der Waals surface area contributed by atoms with Gasteiger partial charge in [-0.3, -0.25) is 0 Å². The predicted octanol–water partition coefficient (Wildman–Crippen LogP) is 0.637. The number of rotatable bonds is 4. The number of fused-ring (bicyclic) bond motifs is 1. The standard InChI is InChI=1S/C16H22N2.ClH/c1-2-6-14(7-3-1)17-11-10-13-12-18-16-9-5-4-8-15(13)16;/h4-5,8-9,12,14,17-18H,1-3,6-7,10-11H2;1H/p-1. The number of nitrogens with one attached hydrogen (secondary N) is 2. The summed E-state index contributed by atoms with van der Waals surface area (Å²) in [6, 6.07) is 9.33. The lowest BCUT2D eigenvalue weighted by Crippen LogP contribution is -3.00. The van der Waals surface area contributed by atoms with Crippen molar-refractivity contribution in [2.24, 2.45) is 0 Å². The second kappa shape index (κ2) is 6.97. The van der Waals surface area contributed by atoms with Crippen molar-refractivity contribution in [2.75, 3.05) is 6.54 Å². The Morgan fingerprint density at radius 2 is 1.89 bits per heavy atom. The molecule has 2 aromatic rings. The van der Waals surface area contributed by atoms with Crippen LogP contribution >= 0.6 is 0 Å². The number of H-pyrrole nitrogens is 1. The zero-order valence-corrected chi connectivity index (χ0v) is 12.0.